The third kappa shape index (κ3) is 5.24. The van der Waals surface area contributed by atoms with Crippen LogP contribution >= 0.6 is 0 Å². The molecule has 0 radical (unpaired) electrons. The topological polar surface area (TPSA) is 63.3 Å². The Morgan fingerprint density at radius 2 is 1.91 bits per heavy atom. The first-order valence-corrected chi connectivity index (χ1v) is 12.5. The number of nitrogens with zero attached hydrogens (tertiary/aromatic N) is 2. The zero-order valence-corrected chi connectivity index (χ0v) is 20.9. The second-order valence-electron chi connectivity index (χ2n) is 10.4. The lowest BCUT2D eigenvalue weighted by atomic mass is 9.74. The number of ether oxygens (including phenoxy) is 3. The molecule has 1 aromatic carbocycles. The Morgan fingerprint density at radius 1 is 1.15 bits per heavy atom. The molecule has 1 N–H and O–H groups in total. The fourth-order valence-electron chi connectivity index (χ4n) is 5.95. The van der Waals surface area contributed by atoms with Gasteiger partial charge in [0.25, 0.3) is 0 Å². The number of piperazine rings is 1. The molecule has 2 fully saturated rings. The molecule has 0 unspecified atom stereocenters. The van der Waals surface area contributed by atoms with Gasteiger partial charge in [-0.1, -0.05) is 13.8 Å². The summed E-state index contributed by atoms with van der Waals surface area (Å²) in [5.41, 5.74) is 2.69. The lowest BCUT2D eigenvalue weighted by Gasteiger charge is -2.47. The van der Waals surface area contributed by atoms with Crippen LogP contribution in [0.5, 0.6) is 11.5 Å². The van der Waals surface area contributed by atoms with Gasteiger partial charge in [0.15, 0.2) is 11.5 Å². The van der Waals surface area contributed by atoms with E-state index in [1.807, 2.05) is 4.90 Å². The van der Waals surface area contributed by atoms with Crippen LogP contribution in [0.15, 0.2) is 12.1 Å². The van der Waals surface area contributed by atoms with Crippen LogP contribution in [0, 0.1) is 17.8 Å². The van der Waals surface area contributed by atoms with E-state index in [0.717, 1.165) is 56.9 Å². The van der Waals surface area contributed by atoms with Crippen molar-refractivity contribution in [2.24, 2.45) is 17.8 Å². The number of piperidine rings is 1. The predicted octanol–water partition coefficient (Wildman–Crippen LogP) is 3.72. The zero-order chi connectivity index (χ0) is 23.5. The van der Waals surface area contributed by atoms with Gasteiger partial charge in [0.05, 0.1) is 20.8 Å². The largest absolute Gasteiger partial charge is 0.493 e. The van der Waals surface area contributed by atoms with E-state index in [9.17, 15) is 4.79 Å². The van der Waals surface area contributed by atoms with Gasteiger partial charge in [-0.05, 0) is 67.2 Å². The lowest BCUT2D eigenvalue weighted by molar-refractivity contribution is 0.00209. The normalized spacial score (nSPS) is 27.6. The quantitative estimate of drug-likeness (QED) is 0.700. The minimum atomic E-state index is -0.162. The molecule has 0 aromatic heterocycles. The fraction of sp³-hybridized carbons (Fsp3) is 0.731. The molecule has 2 saturated heterocycles. The Labute approximate surface area is 198 Å². The summed E-state index contributed by atoms with van der Waals surface area (Å²) in [5, 5.41) is 3.34. The van der Waals surface area contributed by atoms with Crippen LogP contribution < -0.4 is 14.8 Å². The first-order chi connectivity index (χ1) is 15.9. The first kappa shape index (κ1) is 24.1. The van der Waals surface area contributed by atoms with Crippen LogP contribution in [-0.4, -0.2) is 75.5 Å². The van der Waals surface area contributed by atoms with E-state index < -0.39 is 0 Å². The Hall–Kier alpha value is -1.99. The number of benzene rings is 1. The Bertz CT molecular complexity index is 830. The summed E-state index contributed by atoms with van der Waals surface area (Å²) in [6.45, 7) is 11.7. The van der Waals surface area contributed by atoms with Gasteiger partial charge in [-0.3, -0.25) is 4.90 Å². The molecule has 4 rings (SSSR count). The summed E-state index contributed by atoms with van der Waals surface area (Å²) in [4.78, 5) is 17.4. The minimum Gasteiger partial charge on any atom is -0.493 e. The molecule has 0 spiro atoms. The molecule has 1 aromatic rings. The fourth-order valence-corrected chi connectivity index (χ4v) is 5.95. The van der Waals surface area contributed by atoms with Crippen molar-refractivity contribution in [2.45, 2.75) is 52.1 Å². The van der Waals surface area contributed by atoms with Crippen LogP contribution in [0.3, 0.4) is 0 Å². The van der Waals surface area contributed by atoms with Gasteiger partial charge >= 0.3 is 6.09 Å². The van der Waals surface area contributed by atoms with Crippen molar-refractivity contribution in [2.75, 3.05) is 53.6 Å². The van der Waals surface area contributed by atoms with Crippen LogP contribution in [0.4, 0.5) is 4.79 Å². The third-order valence-electron chi connectivity index (χ3n) is 7.71. The van der Waals surface area contributed by atoms with E-state index >= 15 is 0 Å². The van der Waals surface area contributed by atoms with Gasteiger partial charge in [-0.15, -0.1) is 0 Å². The molecule has 7 nitrogen and oxygen atoms in total. The molecule has 3 heterocycles. The van der Waals surface area contributed by atoms with Gasteiger partial charge in [0.2, 0.25) is 0 Å². The number of carbonyl (C=O) groups excluding carboxylic acids is 1. The number of fused-ring (bicyclic) bond motifs is 3. The summed E-state index contributed by atoms with van der Waals surface area (Å²) in [6.07, 6.45) is 3.03. The van der Waals surface area contributed by atoms with Crippen molar-refractivity contribution in [3.05, 3.63) is 23.3 Å². The van der Waals surface area contributed by atoms with Gasteiger partial charge in [-0.2, -0.15) is 0 Å². The standard InChI is InChI=1S/C26H41N3O4/c1-17(2)10-20-15-28-8-6-19-12-24(31-4)25(32-5)13-22(19)23(28)11-21(20)16-33-26(30)29-9-7-27-14-18(29)3/h12-13,17-18,20-21,23,27H,6-11,14-16H2,1-5H3/t18-,20-,21+,23-/m1/s1. The van der Waals surface area contributed by atoms with E-state index in [4.69, 9.17) is 14.2 Å². The van der Waals surface area contributed by atoms with Crippen molar-refractivity contribution in [1.29, 1.82) is 0 Å². The lowest BCUT2D eigenvalue weighted by Crippen LogP contribution is -2.53. The highest BCUT2D eigenvalue weighted by Crippen LogP contribution is 2.45. The Morgan fingerprint density at radius 3 is 2.61 bits per heavy atom. The molecular formula is C26H41N3O4. The highest BCUT2D eigenvalue weighted by Gasteiger charge is 2.40. The number of carbonyl (C=O) groups is 1. The molecule has 3 aliphatic rings. The maximum absolute atomic E-state index is 12.9. The maximum atomic E-state index is 12.9. The van der Waals surface area contributed by atoms with Crippen molar-refractivity contribution >= 4 is 6.09 Å². The van der Waals surface area contributed by atoms with Crippen molar-refractivity contribution in [3.8, 4) is 11.5 Å². The summed E-state index contributed by atoms with van der Waals surface area (Å²) < 4.78 is 17.1. The van der Waals surface area contributed by atoms with Crippen LogP contribution in [0.1, 0.15) is 50.8 Å². The van der Waals surface area contributed by atoms with E-state index in [2.05, 4.69) is 43.1 Å². The molecule has 33 heavy (non-hydrogen) atoms. The molecule has 7 heteroatoms. The van der Waals surface area contributed by atoms with Crippen molar-refractivity contribution < 1.29 is 19.0 Å². The second-order valence-corrected chi connectivity index (χ2v) is 10.4. The maximum Gasteiger partial charge on any atom is 0.410 e. The zero-order valence-electron chi connectivity index (χ0n) is 20.9. The average molecular weight is 460 g/mol. The SMILES string of the molecule is COc1cc2c(cc1OC)[C@H]1C[C@@H](COC(=O)N3CCNC[C@H]3C)[C@H](CC(C)C)CN1CC2. The van der Waals surface area contributed by atoms with Crippen molar-refractivity contribution in [3.63, 3.8) is 0 Å². The Kier molecular flexibility index (Phi) is 7.69. The van der Waals surface area contributed by atoms with E-state index in [0.29, 0.717) is 36.9 Å². The van der Waals surface area contributed by atoms with Crippen LogP contribution in [0.25, 0.3) is 0 Å². The van der Waals surface area contributed by atoms with Gasteiger partial charge < -0.3 is 24.4 Å². The average Bonchev–Trinajstić information content (AvgIpc) is 2.81. The molecule has 0 bridgehead atoms. The van der Waals surface area contributed by atoms with Gasteiger partial charge in [0, 0.05) is 44.8 Å². The molecule has 0 saturated carbocycles. The highest BCUT2D eigenvalue weighted by molar-refractivity contribution is 5.68. The number of methoxy groups -OCH3 is 2. The Balaban J connectivity index is 1.51. The predicted molar refractivity (Wildman–Crippen MR) is 129 cm³/mol. The van der Waals surface area contributed by atoms with Crippen LogP contribution in [0.2, 0.25) is 0 Å². The first-order valence-electron chi connectivity index (χ1n) is 12.5. The van der Waals surface area contributed by atoms with E-state index in [-0.39, 0.29) is 12.1 Å². The second kappa shape index (κ2) is 10.5. The molecule has 1 amide bonds. The minimum absolute atomic E-state index is 0.162. The van der Waals surface area contributed by atoms with Crippen molar-refractivity contribution in [1.82, 2.24) is 15.1 Å². The molecular weight excluding hydrogens is 418 g/mol. The van der Waals surface area contributed by atoms with Crippen LogP contribution in [-0.2, 0) is 11.2 Å². The molecule has 0 aliphatic carbocycles. The smallest absolute Gasteiger partial charge is 0.410 e. The van der Waals surface area contributed by atoms with Gasteiger partial charge in [-0.25, -0.2) is 4.79 Å². The number of nitrogens with one attached hydrogen (secondary N) is 1. The highest BCUT2D eigenvalue weighted by atomic mass is 16.6. The monoisotopic (exact) mass is 459 g/mol. The number of amides is 1. The summed E-state index contributed by atoms with van der Waals surface area (Å²) >= 11 is 0. The number of rotatable bonds is 6. The molecule has 4 atom stereocenters. The third-order valence-corrected chi connectivity index (χ3v) is 7.71. The number of hydrogen-bond acceptors (Lipinski definition) is 6. The summed E-state index contributed by atoms with van der Waals surface area (Å²) in [7, 11) is 3.39. The van der Waals surface area contributed by atoms with Gasteiger partial charge in [0.1, 0.15) is 0 Å². The molecule has 3 aliphatic heterocycles. The summed E-state index contributed by atoms with van der Waals surface area (Å²) in [5.74, 6) is 3.11. The number of hydrogen-bond donors (Lipinski definition) is 1. The van der Waals surface area contributed by atoms with E-state index in [1.54, 1.807) is 14.2 Å². The summed E-state index contributed by atoms with van der Waals surface area (Å²) in [6, 6.07) is 4.82. The van der Waals surface area contributed by atoms with E-state index in [1.165, 1.54) is 11.1 Å². The molecule has 184 valence electrons.